The molecule has 0 bridgehead atoms. The van der Waals surface area contributed by atoms with Crippen LogP contribution in [0.4, 0.5) is 8.78 Å². The maximum absolute atomic E-state index is 11.9. The molecule has 80 valence electrons. The third kappa shape index (κ3) is 4.35. The van der Waals surface area contributed by atoms with Gasteiger partial charge in [0.05, 0.1) is 0 Å². The molecule has 0 aliphatic rings. The summed E-state index contributed by atoms with van der Waals surface area (Å²) < 4.78 is 28.0. The fourth-order valence-corrected chi connectivity index (χ4v) is 1.05. The van der Waals surface area contributed by atoms with Crippen molar-refractivity contribution < 1.29 is 18.3 Å². The first-order chi connectivity index (χ1) is 7.22. The van der Waals surface area contributed by atoms with Crippen molar-refractivity contribution in [1.29, 1.82) is 0 Å². The third-order valence-corrected chi connectivity index (χ3v) is 1.63. The number of halogens is 2. The van der Waals surface area contributed by atoms with Crippen molar-refractivity contribution in [3.8, 4) is 5.75 Å². The highest BCUT2D eigenvalue weighted by Gasteiger charge is 2.03. The lowest BCUT2D eigenvalue weighted by Crippen LogP contribution is -2.01. The van der Waals surface area contributed by atoms with Crippen molar-refractivity contribution in [2.24, 2.45) is 0 Å². The zero-order chi connectivity index (χ0) is 11.1. The molecule has 0 heterocycles. The van der Waals surface area contributed by atoms with E-state index in [4.69, 9.17) is 0 Å². The van der Waals surface area contributed by atoms with E-state index in [-0.39, 0.29) is 5.75 Å². The Morgan fingerprint density at radius 3 is 2.87 bits per heavy atom. The molecular formula is C11H10F2O2. The number of hydrogen-bond donors (Lipinski definition) is 0. The second-order valence-electron chi connectivity index (χ2n) is 2.76. The summed E-state index contributed by atoms with van der Waals surface area (Å²) in [5.41, 5.74) is 0.718. The van der Waals surface area contributed by atoms with E-state index in [2.05, 4.69) is 4.74 Å². The van der Waals surface area contributed by atoms with Crippen molar-refractivity contribution in [3.63, 3.8) is 0 Å². The Labute approximate surface area is 86.2 Å². The SMILES string of the molecule is O=CCC=Cc1cccc(OC(F)F)c1. The summed E-state index contributed by atoms with van der Waals surface area (Å²) in [6, 6.07) is 6.27. The van der Waals surface area contributed by atoms with Gasteiger partial charge in [-0.3, -0.25) is 0 Å². The van der Waals surface area contributed by atoms with Crippen molar-refractivity contribution in [3.05, 3.63) is 35.9 Å². The van der Waals surface area contributed by atoms with E-state index in [0.717, 1.165) is 11.8 Å². The van der Waals surface area contributed by atoms with Gasteiger partial charge in [0.25, 0.3) is 0 Å². The number of allylic oxidation sites excluding steroid dienone is 1. The van der Waals surface area contributed by atoms with Gasteiger partial charge in [-0.15, -0.1) is 0 Å². The predicted octanol–water partition coefficient (Wildman–Crippen LogP) is 2.89. The fourth-order valence-electron chi connectivity index (χ4n) is 1.05. The molecule has 0 N–H and O–H groups in total. The van der Waals surface area contributed by atoms with Crippen LogP contribution in [0, 0.1) is 0 Å². The second kappa shape index (κ2) is 5.90. The molecule has 0 atom stereocenters. The minimum Gasteiger partial charge on any atom is -0.435 e. The molecular weight excluding hydrogens is 202 g/mol. The third-order valence-electron chi connectivity index (χ3n) is 1.63. The van der Waals surface area contributed by atoms with E-state index < -0.39 is 6.61 Å². The van der Waals surface area contributed by atoms with Crippen LogP contribution in [0.2, 0.25) is 0 Å². The molecule has 0 radical (unpaired) electrons. The van der Waals surface area contributed by atoms with Gasteiger partial charge in [-0.1, -0.05) is 24.3 Å². The van der Waals surface area contributed by atoms with E-state index in [0.29, 0.717) is 6.42 Å². The highest BCUT2D eigenvalue weighted by Crippen LogP contribution is 2.16. The molecule has 1 aromatic carbocycles. The average molecular weight is 212 g/mol. The summed E-state index contributed by atoms with van der Waals surface area (Å²) in [6.07, 6.45) is 4.39. The zero-order valence-corrected chi connectivity index (χ0v) is 7.90. The van der Waals surface area contributed by atoms with Crippen molar-refractivity contribution in [2.45, 2.75) is 13.0 Å². The fraction of sp³-hybridized carbons (Fsp3) is 0.182. The van der Waals surface area contributed by atoms with Gasteiger partial charge in [-0.25, -0.2) is 0 Å². The van der Waals surface area contributed by atoms with Crippen molar-refractivity contribution in [2.75, 3.05) is 0 Å². The van der Waals surface area contributed by atoms with E-state index in [1.807, 2.05) is 0 Å². The van der Waals surface area contributed by atoms with Crippen LogP contribution < -0.4 is 4.74 Å². The average Bonchev–Trinajstić information content (AvgIpc) is 2.18. The molecule has 2 nitrogen and oxygen atoms in total. The van der Waals surface area contributed by atoms with E-state index in [1.165, 1.54) is 12.1 Å². The van der Waals surface area contributed by atoms with Crippen LogP contribution in [-0.4, -0.2) is 12.9 Å². The lowest BCUT2D eigenvalue weighted by molar-refractivity contribution is -0.107. The number of benzene rings is 1. The minimum atomic E-state index is -2.82. The van der Waals surface area contributed by atoms with Crippen LogP contribution in [0.5, 0.6) is 5.75 Å². The number of ether oxygens (including phenoxy) is 1. The van der Waals surface area contributed by atoms with Crippen molar-refractivity contribution in [1.82, 2.24) is 0 Å². The summed E-state index contributed by atoms with van der Waals surface area (Å²) in [7, 11) is 0. The smallest absolute Gasteiger partial charge is 0.387 e. The van der Waals surface area contributed by atoms with Gasteiger partial charge in [0.15, 0.2) is 0 Å². The Morgan fingerprint density at radius 2 is 2.20 bits per heavy atom. The Bertz CT molecular complexity index is 348. The first-order valence-corrected chi connectivity index (χ1v) is 4.37. The number of aldehydes is 1. The molecule has 1 rings (SSSR count). The quantitative estimate of drug-likeness (QED) is 0.701. The number of carbonyl (C=O) groups is 1. The van der Waals surface area contributed by atoms with Gasteiger partial charge >= 0.3 is 6.61 Å². The molecule has 0 aromatic heterocycles. The summed E-state index contributed by atoms with van der Waals surface area (Å²) in [5, 5.41) is 0. The summed E-state index contributed by atoms with van der Waals surface area (Å²) in [5.74, 6) is 0.109. The Kier molecular flexibility index (Phi) is 4.47. The topological polar surface area (TPSA) is 26.3 Å². The van der Waals surface area contributed by atoms with Gasteiger partial charge in [-0.05, 0) is 17.7 Å². The van der Waals surface area contributed by atoms with Crippen molar-refractivity contribution >= 4 is 12.4 Å². The summed E-state index contributed by atoms with van der Waals surface area (Å²) >= 11 is 0. The van der Waals surface area contributed by atoms with Crippen LogP contribution in [0.1, 0.15) is 12.0 Å². The van der Waals surface area contributed by atoms with E-state index >= 15 is 0 Å². The summed E-state index contributed by atoms with van der Waals surface area (Å²) in [4.78, 5) is 10.0. The molecule has 0 aliphatic heterocycles. The van der Waals surface area contributed by atoms with Crippen LogP contribution in [-0.2, 0) is 4.79 Å². The molecule has 0 saturated carbocycles. The molecule has 0 fully saturated rings. The Morgan fingerprint density at radius 1 is 1.40 bits per heavy atom. The molecule has 0 saturated heterocycles. The molecule has 0 amide bonds. The highest BCUT2D eigenvalue weighted by atomic mass is 19.3. The maximum Gasteiger partial charge on any atom is 0.387 e. The monoisotopic (exact) mass is 212 g/mol. The van der Waals surface area contributed by atoms with E-state index in [9.17, 15) is 13.6 Å². The van der Waals surface area contributed by atoms with Gasteiger partial charge < -0.3 is 9.53 Å². The first-order valence-electron chi connectivity index (χ1n) is 4.37. The molecule has 4 heteroatoms. The number of rotatable bonds is 5. The first kappa shape index (κ1) is 11.4. The van der Waals surface area contributed by atoms with Gasteiger partial charge in [0, 0.05) is 6.42 Å². The molecule has 0 spiro atoms. The normalized spacial score (nSPS) is 10.9. The highest BCUT2D eigenvalue weighted by molar-refractivity contribution is 5.58. The van der Waals surface area contributed by atoms with Crippen LogP contribution in [0.15, 0.2) is 30.3 Å². The summed E-state index contributed by atoms with van der Waals surface area (Å²) in [6.45, 7) is -2.82. The number of hydrogen-bond acceptors (Lipinski definition) is 2. The Balaban J connectivity index is 2.69. The van der Waals surface area contributed by atoms with Gasteiger partial charge in [0.1, 0.15) is 12.0 Å². The number of alkyl halides is 2. The Hall–Kier alpha value is -1.71. The van der Waals surface area contributed by atoms with Crippen LogP contribution in [0.25, 0.3) is 6.08 Å². The molecule has 15 heavy (non-hydrogen) atoms. The standard InChI is InChI=1S/C11H10F2O2/c12-11(13)15-10-6-3-5-9(8-10)4-1-2-7-14/h1,3-8,11H,2H2. The zero-order valence-electron chi connectivity index (χ0n) is 7.90. The molecule has 1 aromatic rings. The maximum atomic E-state index is 11.9. The van der Waals surface area contributed by atoms with Gasteiger partial charge in [0.2, 0.25) is 0 Å². The van der Waals surface area contributed by atoms with Crippen LogP contribution in [0.3, 0.4) is 0 Å². The lowest BCUT2D eigenvalue weighted by atomic mass is 10.2. The largest absolute Gasteiger partial charge is 0.435 e. The second-order valence-corrected chi connectivity index (χ2v) is 2.76. The van der Waals surface area contributed by atoms with E-state index in [1.54, 1.807) is 24.3 Å². The van der Waals surface area contributed by atoms with Gasteiger partial charge in [-0.2, -0.15) is 8.78 Å². The lowest BCUT2D eigenvalue weighted by Gasteiger charge is -2.04. The number of carbonyl (C=O) groups excluding carboxylic acids is 1. The predicted molar refractivity (Wildman–Crippen MR) is 52.8 cm³/mol. The van der Waals surface area contributed by atoms with Crippen LogP contribution >= 0.6 is 0 Å². The molecule has 0 aliphatic carbocycles. The molecule has 0 unspecified atom stereocenters. The minimum absolute atomic E-state index is 0.109.